The lowest BCUT2D eigenvalue weighted by molar-refractivity contribution is -0.205. The van der Waals surface area contributed by atoms with E-state index < -0.39 is 178 Å². The standard InChI is InChI=1S/C65H112N8O28S10/c1-34-37(27-109-107-21-5-7-44(78)66-9-15-72(17-11-68-46(80)29-103-62-58(92)54(88)50(84)40(23-74)98-62)18-12-69-47(81)30-104-63-59(93)55(89)51(85)41(24-75)99-63)35(2)39(33-111(96,102)97-4)36(3)38(34)28-110-108-22-6-8-45(79)67-10-16-73(19-13-70-48(82)31-105-64-60(94)56(90)52(86)42(25-76)100-64)20-14-71-49(83)32-106-65-61(95)57(91)53(87)43(26-77)101-65/h40-43,50-65,74-77,84-95H,5-33H2,1-4H3,(H,66,78)(H,67,79)(H,68,80)(H,69,81)(H,70,82)(H,71,83)/t40?,41?,42?,43?,50-,51-,52-,53-,54-,55-,56-,57-,58?,59?,60?,61?,62-,63-,64-,65-,111?/m0/s1. The van der Waals surface area contributed by atoms with E-state index in [1.165, 1.54) is 7.11 Å². The minimum atomic E-state index is -3.09. The van der Waals surface area contributed by atoms with Crippen LogP contribution >= 0.6 is 90.2 Å². The predicted molar refractivity (Wildman–Crippen MR) is 429 cm³/mol. The van der Waals surface area contributed by atoms with Crippen LogP contribution in [0.4, 0.5) is 0 Å². The molecular weight excluding hydrogens is 1660 g/mol. The molecule has 1 aromatic rings. The highest BCUT2D eigenvalue weighted by Crippen LogP contribution is 2.39. The number of nitrogens with zero attached hydrogens (tertiary/aromatic N) is 2. The van der Waals surface area contributed by atoms with Crippen molar-refractivity contribution in [3.63, 3.8) is 0 Å². The first-order valence-electron chi connectivity index (χ1n) is 35.9. The summed E-state index contributed by atoms with van der Waals surface area (Å²) in [6, 6.07) is 0. The molecule has 0 aliphatic carbocycles. The van der Waals surface area contributed by atoms with Gasteiger partial charge in [0.25, 0.3) is 0 Å². The second kappa shape index (κ2) is 52.4. The molecule has 6 amide bonds. The first-order chi connectivity index (χ1) is 52.8. The molecule has 1 aromatic carbocycles. The zero-order chi connectivity index (χ0) is 82.1. The van der Waals surface area contributed by atoms with E-state index >= 15 is 0 Å². The zero-order valence-electron chi connectivity index (χ0n) is 62.1. The van der Waals surface area contributed by atoms with Crippen molar-refractivity contribution in [1.82, 2.24) is 41.7 Å². The minimum Gasteiger partial charge on any atom is -0.394 e. The summed E-state index contributed by atoms with van der Waals surface area (Å²) in [5.74, 6) is -0.473. The van der Waals surface area contributed by atoms with Gasteiger partial charge in [-0.15, -0.1) is 47.0 Å². The summed E-state index contributed by atoms with van der Waals surface area (Å²) in [7, 11) is 4.68. The van der Waals surface area contributed by atoms with Crippen molar-refractivity contribution in [1.29, 1.82) is 0 Å². The van der Waals surface area contributed by atoms with Crippen LogP contribution in [0.25, 0.3) is 0 Å². The van der Waals surface area contributed by atoms with Crippen molar-refractivity contribution in [2.24, 2.45) is 0 Å². The number of hydrogen-bond acceptors (Lipinski definition) is 39. The molecule has 5 rings (SSSR count). The summed E-state index contributed by atoms with van der Waals surface area (Å²) in [5.41, 5.74) is 1.54. The van der Waals surface area contributed by atoms with Crippen LogP contribution in [0.2, 0.25) is 0 Å². The number of carbonyl (C=O) groups excluding carboxylic acids is 6. The largest absolute Gasteiger partial charge is 0.394 e. The highest BCUT2D eigenvalue weighted by molar-refractivity contribution is 8.76. The van der Waals surface area contributed by atoms with Gasteiger partial charge in [0, 0.05) is 126 Å². The third-order valence-electron chi connectivity index (χ3n) is 18.5. The lowest BCUT2D eigenvalue weighted by Gasteiger charge is -2.39. The molecule has 36 nitrogen and oxygen atoms in total. The van der Waals surface area contributed by atoms with E-state index in [2.05, 4.69) is 38.8 Å². The number of amides is 6. The van der Waals surface area contributed by atoms with Crippen LogP contribution in [0.3, 0.4) is 0 Å². The molecule has 4 aliphatic heterocycles. The van der Waals surface area contributed by atoms with Gasteiger partial charge in [-0.1, -0.05) is 43.2 Å². The van der Waals surface area contributed by atoms with Gasteiger partial charge in [-0.2, -0.15) is 0 Å². The summed E-state index contributed by atoms with van der Waals surface area (Å²) in [4.78, 5) is 81.6. The van der Waals surface area contributed by atoms with Gasteiger partial charge in [0.15, 0.2) is 0 Å². The zero-order valence-corrected chi connectivity index (χ0v) is 70.2. The molecule has 22 N–H and O–H groups in total. The Kier molecular flexibility index (Phi) is 47.1. The quantitative estimate of drug-likeness (QED) is 0.0213. The van der Waals surface area contributed by atoms with Crippen molar-refractivity contribution in [2.75, 3.05) is 147 Å². The molecule has 0 spiro atoms. The maximum atomic E-state index is 13.3. The number of carbonyl (C=O) groups is 6. The predicted octanol–water partition coefficient (Wildman–Crippen LogP) is -6.82. The first-order valence-corrected chi connectivity index (χ1v) is 47.7. The normalized spacial score (nSPS) is 28.8. The number of thioether (sulfide) groups is 4. The fraction of sp³-hybridized carbons (Fsp3) is 0.815. The van der Waals surface area contributed by atoms with Crippen molar-refractivity contribution >= 4 is 146 Å². The van der Waals surface area contributed by atoms with Gasteiger partial charge in [-0.05, 0) is 67.0 Å². The molecule has 640 valence electrons. The molecule has 4 saturated heterocycles. The van der Waals surface area contributed by atoms with Gasteiger partial charge in [0.1, 0.15) is 128 Å². The molecule has 4 heterocycles. The van der Waals surface area contributed by atoms with Crippen molar-refractivity contribution in [3.05, 3.63) is 33.4 Å². The van der Waals surface area contributed by atoms with E-state index in [-0.39, 0.29) is 119 Å². The van der Waals surface area contributed by atoms with E-state index in [1.807, 2.05) is 23.6 Å². The van der Waals surface area contributed by atoms with Crippen LogP contribution in [0.15, 0.2) is 0 Å². The average Bonchev–Trinajstić information content (AvgIpc) is 0.744. The van der Waals surface area contributed by atoms with Gasteiger partial charge in [0.05, 0.1) is 62.3 Å². The second-order valence-corrected chi connectivity index (χ2v) is 39.1. The van der Waals surface area contributed by atoms with Crippen LogP contribution in [-0.4, -0.2) is 397 Å². The molecular formula is C65H112N8O28S10. The molecule has 9 unspecified atom stereocenters. The number of benzene rings is 1. The third-order valence-corrected chi connectivity index (χ3v) is 29.8. The van der Waals surface area contributed by atoms with Gasteiger partial charge >= 0.3 is 0 Å². The Bertz CT molecular complexity index is 2830. The summed E-state index contributed by atoms with van der Waals surface area (Å²) in [5, 5.41) is 178. The van der Waals surface area contributed by atoms with Crippen molar-refractivity contribution < 1.29 is 138 Å². The van der Waals surface area contributed by atoms with Crippen molar-refractivity contribution in [3.8, 4) is 0 Å². The molecule has 111 heavy (non-hydrogen) atoms. The van der Waals surface area contributed by atoms with Gasteiger partial charge in [0.2, 0.25) is 35.4 Å². The van der Waals surface area contributed by atoms with Crippen LogP contribution < -0.4 is 31.9 Å². The smallest absolute Gasteiger partial charge is 0.230 e. The molecule has 4 fully saturated rings. The Labute approximate surface area is 683 Å². The van der Waals surface area contributed by atoms with Crippen LogP contribution in [-0.2, 0) is 89.1 Å². The van der Waals surface area contributed by atoms with Crippen LogP contribution in [0, 0.1) is 20.8 Å². The SMILES string of the molecule is COS(=O)(=S)Cc1c(C)c(CSSCCCC(=O)NCCN(CCNC(=O)CS[C@@H]2OC(CO)[C@H](O)[C@H](O)C2O)CCNC(=O)CS[C@@H]2OC(CO)[C@H](O)[C@H](O)C2O)c(C)c(CSSCCCC(=O)NCCN(CCNC(=O)CS[C@@H]2OC(CO)[C@H](O)[C@H](O)C2O)CCNC(=O)CS[C@@H]2OC(CO)[C@H](O)[C@H](O)C2O)c1C. The molecule has 46 heteroatoms. The molecule has 0 radical (unpaired) electrons. The number of hydrogen-bond donors (Lipinski definition) is 22. The Hall–Kier alpha value is -1.71. The van der Waals surface area contributed by atoms with Gasteiger partial charge in [-0.25, -0.2) is 4.21 Å². The molecule has 0 aromatic heterocycles. The Morgan fingerprint density at radius 3 is 0.874 bits per heavy atom. The van der Waals surface area contributed by atoms with E-state index in [1.54, 1.807) is 43.2 Å². The maximum absolute atomic E-state index is 13.3. The summed E-state index contributed by atoms with van der Waals surface area (Å²) in [6.45, 7) is 6.19. The summed E-state index contributed by atoms with van der Waals surface area (Å²) >= 11 is 8.87. The number of rotatable bonds is 51. The third kappa shape index (κ3) is 33.1. The molecule has 0 saturated carbocycles. The Morgan fingerprint density at radius 1 is 0.387 bits per heavy atom. The maximum Gasteiger partial charge on any atom is 0.230 e. The number of ether oxygens (including phenoxy) is 4. The van der Waals surface area contributed by atoms with Crippen LogP contribution in [0.1, 0.15) is 59.1 Å². The lowest BCUT2D eigenvalue weighted by atomic mass is 9.90. The number of nitrogens with one attached hydrogen (secondary N) is 6. The molecule has 4 aliphatic rings. The van der Waals surface area contributed by atoms with Gasteiger partial charge in [-0.3, -0.25) is 42.8 Å². The summed E-state index contributed by atoms with van der Waals surface area (Å²) < 4.78 is 40.5. The highest BCUT2D eigenvalue weighted by atomic mass is 33.1. The minimum absolute atomic E-state index is 0.0337. The van der Waals surface area contributed by atoms with Crippen molar-refractivity contribution in [2.45, 2.75) is 183 Å². The molecule has 0 bridgehead atoms. The monoisotopic (exact) mass is 1770 g/mol. The van der Waals surface area contributed by atoms with Crippen LogP contribution in [0.5, 0.6) is 0 Å². The fourth-order valence-electron chi connectivity index (χ4n) is 11.8. The Morgan fingerprint density at radius 2 is 0.631 bits per heavy atom. The topological polar surface area (TPSA) is 568 Å². The molecule has 21 atom stereocenters. The van der Waals surface area contributed by atoms with E-state index in [0.717, 1.165) is 80.4 Å². The Balaban J connectivity index is 1.06. The average molecular weight is 1770 g/mol. The highest BCUT2D eigenvalue weighted by Gasteiger charge is 2.47. The van der Waals surface area contributed by atoms with E-state index in [0.29, 0.717) is 48.9 Å². The fourth-order valence-corrected chi connectivity index (χ4v) is 21.7. The first kappa shape index (κ1) is 99.9. The van der Waals surface area contributed by atoms with E-state index in [9.17, 15) is 115 Å². The number of aliphatic hydroxyl groups excluding tert-OH is 16. The van der Waals surface area contributed by atoms with E-state index in [4.69, 9.17) is 34.3 Å². The number of aliphatic hydroxyl groups is 16. The lowest BCUT2D eigenvalue weighted by Crippen LogP contribution is -2.57. The summed E-state index contributed by atoms with van der Waals surface area (Å²) in [6.07, 6.45) is -21.7. The second-order valence-electron chi connectivity index (χ2n) is 26.4. The van der Waals surface area contributed by atoms with Gasteiger partial charge < -0.3 is 133 Å².